The molecule has 0 saturated heterocycles. The number of hydrogen-bond donors (Lipinski definition) is 2. The number of anilines is 1. The van der Waals surface area contributed by atoms with Gasteiger partial charge >= 0.3 is 0 Å². The Hall–Kier alpha value is -3.71. The fourth-order valence-electron chi connectivity index (χ4n) is 3.24. The number of ether oxygens (including phenoxy) is 1. The molecule has 0 radical (unpaired) electrons. The number of fused-ring (bicyclic) bond motifs is 1. The minimum atomic E-state index is -0.348. The standard InChI is InChI=1S/C24H21N3O3S/c1-2-30-20-13-7-3-9-16(20)15-25-23(28)17-10-4-6-12-19(17)26-24(29)22-18-11-5-8-14-21(18)31-27-22/h3-14H,2,15H2,1H3,(H,25,28)(H,26,29). The zero-order valence-corrected chi connectivity index (χ0v) is 17.7. The van der Waals surface area contributed by atoms with Crippen molar-refractivity contribution in [2.45, 2.75) is 13.5 Å². The second-order valence-corrected chi connectivity index (χ2v) is 7.56. The van der Waals surface area contributed by atoms with Crippen molar-refractivity contribution in [2.24, 2.45) is 0 Å². The van der Waals surface area contributed by atoms with Crippen LogP contribution in [0.3, 0.4) is 0 Å². The Morgan fingerprint density at radius 3 is 2.55 bits per heavy atom. The zero-order chi connectivity index (χ0) is 21.6. The topological polar surface area (TPSA) is 80.3 Å². The predicted octanol–water partition coefficient (Wildman–Crippen LogP) is 4.88. The summed E-state index contributed by atoms with van der Waals surface area (Å²) in [5.74, 6) is 0.104. The van der Waals surface area contributed by atoms with Gasteiger partial charge in [-0.05, 0) is 42.7 Å². The van der Waals surface area contributed by atoms with E-state index >= 15 is 0 Å². The Labute approximate surface area is 184 Å². The Morgan fingerprint density at radius 1 is 0.935 bits per heavy atom. The third-order valence-corrected chi connectivity index (χ3v) is 5.55. The van der Waals surface area contributed by atoms with Crippen LogP contribution in [-0.2, 0) is 6.54 Å². The molecule has 2 N–H and O–H groups in total. The first-order valence-corrected chi connectivity index (χ1v) is 10.7. The van der Waals surface area contributed by atoms with Crippen LogP contribution < -0.4 is 15.4 Å². The number of carbonyl (C=O) groups is 2. The van der Waals surface area contributed by atoms with E-state index in [9.17, 15) is 9.59 Å². The predicted molar refractivity (Wildman–Crippen MR) is 123 cm³/mol. The van der Waals surface area contributed by atoms with Gasteiger partial charge in [-0.1, -0.05) is 48.5 Å². The van der Waals surface area contributed by atoms with E-state index in [0.717, 1.165) is 21.4 Å². The number of hydrogen-bond acceptors (Lipinski definition) is 5. The molecular formula is C24H21N3O3S. The lowest BCUT2D eigenvalue weighted by molar-refractivity contribution is 0.0951. The molecule has 0 atom stereocenters. The minimum Gasteiger partial charge on any atom is -0.494 e. The SMILES string of the molecule is CCOc1ccccc1CNC(=O)c1ccccc1NC(=O)c1nsc2ccccc12. The average molecular weight is 432 g/mol. The molecule has 2 amide bonds. The summed E-state index contributed by atoms with van der Waals surface area (Å²) < 4.78 is 10.8. The summed E-state index contributed by atoms with van der Waals surface area (Å²) in [5.41, 5.74) is 2.04. The molecular weight excluding hydrogens is 410 g/mol. The molecule has 31 heavy (non-hydrogen) atoms. The summed E-state index contributed by atoms with van der Waals surface area (Å²) in [6.07, 6.45) is 0. The molecule has 0 aliphatic carbocycles. The van der Waals surface area contributed by atoms with Gasteiger partial charge in [0.2, 0.25) is 0 Å². The third-order valence-electron chi connectivity index (χ3n) is 4.72. The van der Waals surface area contributed by atoms with E-state index in [1.54, 1.807) is 24.3 Å². The lowest BCUT2D eigenvalue weighted by Crippen LogP contribution is -2.25. The maximum absolute atomic E-state index is 12.9. The molecule has 0 bridgehead atoms. The molecule has 4 rings (SSSR count). The molecule has 6 nitrogen and oxygen atoms in total. The van der Waals surface area contributed by atoms with Crippen molar-refractivity contribution in [1.29, 1.82) is 0 Å². The molecule has 3 aromatic carbocycles. The third kappa shape index (κ3) is 4.57. The molecule has 0 spiro atoms. The lowest BCUT2D eigenvalue weighted by Gasteiger charge is -2.13. The van der Waals surface area contributed by atoms with Crippen LogP contribution >= 0.6 is 11.5 Å². The van der Waals surface area contributed by atoms with Crippen molar-refractivity contribution >= 4 is 39.1 Å². The normalized spacial score (nSPS) is 10.6. The largest absolute Gasteiger partial charge is 0.494 e. The Morgan fingerprint density at radius 2 is 1.68 bits per heavy atom. The summed E-state index contributed by atoms with van der Waals surface area (Å²) in [7, 11) is 0. The Balaban J connectivity index is 1.51. The highest BCUT2D eigenvalue weighted by Crippen LogP contribution is 2.24. The molecule has 7 heteroatoms. The van der Waals surface area contributed by atoms with Gasteiger partial charge in [-0.3, -0.25) is 9.59 Å². The van der Waals surface area contributed by atoms with Crippen LogP contribution in [0.1, 0.15) is 33.3 Å². The van der Waals surface area contributed by atoms with Gasteiger partial charge in [-0.25, -0.2) is 0 Å². The number of benzene rings is 3. The smallest absolute Gasteiger partial charge is 0.276 e. The average Bonchev–Trinajstić information content (AvgIpc) is 3.23. The molecule has 4 aromatic rings. The van der Waals surface area contributed by atoms with E-state index in [1.807, 2.05) is 55.5 Å². The number of amides is 2. The van der Waals surface area contributed by atoms with Crippen molar-refractivity contribution in [3.8, 4) is 5.75 Å². The number of para-hydroxylation sites is 2. The number of nitrogens with zero attached hydrogens (tertiary/aromatic N) is 1. The molecule has 1 aromatic heterocycles. The number of carbonyl (C=O) groups excluding carboxylic acids is 2. The van der Waals surface area contributed by atoms with Gasteiger partial charge in [0.25, 0.3) is 11.8 Å². The van der Waals surface area contributed by atoms with Crippen LogP contribution in [0, 0.1) is 0 Å². The van der Waals surface area contributed by atoms with E-state index in [4.69, 9.17) is 4.74 Å². The van der Waals surface area contributed by atoms with Crippen LogP contribution in [0.5, 0.6) is 5.75 Å². The van der Waals surface area contributed by atoms with Crippen molar-refractivity contribution in [2.75, 3.05) is 11.9 Å². The molecule has 0 unspecified atom stereocenters. The van der Waals surface area contributed by atoms with Crippen LogP contribution in [0.4, 0.5) is 5.69 Å². The zero-order valence-electron chi connectivity index (χ0n) is 16.9. The highest BCUT2D eigenvalue weighted by Gasteiger charge is 2.18. The first-order valence-electron chi connectivity index (χ1n) is 9.91. The van der Waals surface area contributed by atoms with Gasteiger partial charge in [-0.2, -0.15) is 4.37 Å². The quantitative estimate of drug-likeness (QED) is 0.437. The summed E-state index contributed by atoms with van der Waals surface area (Å²) in [6.45, 7) is 2.78. The minimum absolute atomic E-state index is 0.287. The van der Waals surface area contributed by atoms with Crippen LogP contribution in [0.15, 0.2) is 72.8 Å². The maximum atomic E-state index is 12.9. The molecule has 0 fully saturated rings. The van der Waals surface area contributed by atoms with E-state index < -0.39 is 0 Å². The second kappa shape index (κ2) is 9.40. The van der Waals surface area contributed by atoms with Crippen molar-refractivity contribution in [1.82, 2.24) is 9.69 Å². The van der Waals surface area contributed by atoms with Gasteiger partial charge in [0.15, 0.2) is 0 Å². The van der Waals surface area contributed by atoms with E-state index in [1.165, 1.54) is 11.5 Å². The van der Waals surface area contributed by atoms with E-state index in [0.29, 0.717) is 30.1 Å². The van der Waals surface area contributed by atoms with Gasteiger partial charge in [0.1, 0.15) is 11.4 Å². The summed E-state index contributed by atoms with van der Waals surface area (Å²) in [5, 5.41) is 6.54. The molecule has 0 aliphatic heterocycles. The Bertz CT molecular complexity index is 1240. The fraction of sp³-hybridized carbons (Fsp3) is 0.125. The van der Waals surface area contributed by atoms with Crippen LogP contribution in [-0.4, -0.2) is 22.8 Å². The number of aromatic nitrogens is 1. The monoisotopic (exact) mass is 431 g/mol. The summed E-state index contributed by atoms with van der Waals surface area (Å²) >= 11 is 1.27. The second-order valence-electron chi connectivity index (χ2n) is 6.75. The van der Waals surface area contributed by atoms with Crippen LogP contribution in [0.2, 0.25) is 0 Å². The van der Waals surface area contributed by atoms with Crippen molar-refractivity contribution in [3.63, 3.8) is 0 Å². The summed E-state index contributed by atoms with van der Waals surface area (Å²) in [4.78, 5) is 25.7. The van der Waals surface area contributed by atoms with Gasteiger partial charge < -0.3 is 15.4 Å². The first-order chi connectivity index (χ1) is 15.2. The summed E-state index contributed by atoms with van der Waals surface area (Å²) in [6, 6.07) is 22.1. The first kappa shape index (κ1) is 20.6. The number of nitrogens with one attached hydrogen (secondary N) is 2. The van der Waals surface area contributed by atoms with Gasteiger partial charge in [0.05, 0.1) is 22.6 Å². The lowest BCUT2D eigenvalue weighted by atomic mass is 10.1. The van der Waals surface area contributed by atoms with Gasteiger partial charge in [-0.15, -0.1) is 0 Å². The molecule has 156 valence electrons. The molecule has 1 heterocycles. The fourth-order valence-corrected chi connectivity index (χ4v) is 4.01. The van der Waals surface area contributed by atoms with Crippen LogP contribution in [0.25, 0.3) is 10.1 Å². The maximum Gasteiger partial charge on any atom is 0.276 e. The highest BCUT2D eigenvalue weighted by molar-refractivity contribution is 7.13. The number of rotatable bonds is 7. The van der Waals surface area contributed by atoms with Crippen molar-refractivity contribution < 1.29 is 14.3 Å². The highest BCUT2D eigenvalue weighted by atomic mass is 32.1. The Kier molecular flexibility index (Phi) is 6.24. The van der Waals surface area contributed by atoms with Crippen molar-refractivity contribution in [3.05, 3.63) is 89.6 Å². The molecule has 0 saturated carbocycles. The van der Waals surface area contributed by atoms with E-state index in [2.05, 4.69) is 15.0 Å². The molecule has 0 aliphatic rings. The van der Waals surface area contributed by atoms with Gasteiger partial charge in [0, 0.05) is 17.5 Å². The van der Waals surface area contributed by atoms with E-state index in [-0.39, 0.29) is 11.8 Å².